The van der Waals surface area contributed by atoms with E-state index in [0.29, 0.717) is 23.5 Å². The fourth-order valence-electron chi connectivity index (χ4n) is 2.75. The molecule has 0 aromatic rings. The Labute approximate surface area is 73.8 Å². The van der Waals surface area contributed by atoms with Crippen molar-refractivity contribution in [3.05, 3.63) is 12.2 Å². The molecular formula is C11H16O. The van der Waals surface area contributed by atoms with Gasteiger partial charge in [0, 0.05) is 12.3 Å². The molecule has 0 radical (unpaired) electrons. The third-order valence-corrected chi connectivity index (χ3v) is 3.57. The second-order valence-corrected chi connectivity index (χ2v) is 4.39. The summed E-state index contributed by atoms with van der Waals surface area (Å²) in [6.07, 6.45) is 4.32. The maximum Gasteiger partial charge on any atom is 0.136 e. The molecule has 0 aromatic heterocycles. The van der Waals surface area contributed by atoms with Crippen molar-refractivity contribution in [2.75, 3.05) is 0 Å². The maximum atomic E-state index is 11.4. The minimum Gasteiger partial charge on any atom is -0.299 e. The minimum absolute atomic E-state index is 0.409. The van der Waals surface area contributed by atoms with Gasteiger partial charge in [-0.25, -0.2) is 0 Å². The summed E-state index contributed by atoms with van der Waals surface area (Å²) in [5, 5.41) is 0. The molecule has 0 N–H and O–H groups in total. The molecule has 0 heterocycles. The first kappa shape index (κ1) is 8.03. The molecule has 1 heteroatoms. The van der Waals surface area contributed by atoms with E-state index in [1.165, 1.54) is 12.0 Å². The summed E-state index contributed by atoms with van der Waals surface area (Å²) in [6, 6.07) is 0. The topological polar surface area (TPSA) is 17.1 Å². The van der Waals surface area contributed by atoms with E-state index >= 15 is 0 Å². The third kappa shape index (κ3) is 1.12. The minimum atomic E-state index is 0.409. The van der Waals surface area contributed by atoms with Crippen molar-refractivity contribution < 1.29 is 4.79 Å². The van der Waals surface area contributed by atoms with Gasteiger partial charge in [0.25, 0.3) is 0 Å². The van der Waals surface area contributed by atoms with Gasteiger partial charge < -0.3 is 0 Å². The van der Waals surface area contributed by atoms with E-state index < -0.39 is 0 Å². The second-order valence-electron chi connectivity index (χ2n) is 4.39. The summed E-state index contributed by atoms with van der Waals surface area (Å²) < 4.78 is 0. The molecule has 0 aromatic carbocycles. The Hall–Kier alpha value is -0.590. The number of hydrogen-bond donors (Lipinski definition) is 0. The van der Waals surface area contributed by atoms with Crippen LogP contribution in [0.1, 0.15) is 32.6 Å². The van der Waals surface area contributed by atoms with Crippen molar-refractivity contribution >= 4 is 5.78 Å². The zero-order valence-electron chi connectivity index (χ0n) is 7.68. The molecule has 2 rings (SSSR count). The highest BCUT2D eigenvalue weighted by Gasteiger charge is 2.42. The smallest absolute Gasteiger partial charge is 0.136 e. The van der Waals surface area contributed by atoms with Gasteiger partial charge in [-0.1, -0.05) is 12.2 Å². The van der Waals surface area contributed by atoms with Crippen molar-refractivity contribution in [1.82, 2.24) is 0 Å². The normalized spacial score (nSPS) is 40.1. The van der Waals surface area contributed by atoms with Crippen LogP contribution in [0.3, 0.4) is 0 Å². The summed E-state index contributed by atoms with van der Waals surface area (Å²) in [5.41, 5.74) is 1.28. The van der Waals surface area contributed by atoms with Crippen LogP contribution >= 0.6 is 0 Å². The first-order chi connectivity index (χ1) is 5.68. The molecule has 2 saturated carbocycles. The molecule has 66 valence electrons. The van der Waals surface area contributed by atoms with Crippen molar-refractivity contribution in [1.29, 1.82) is 0 Å². The molecule has 0 aliphatic heterocycles. The third-order valence-electron chi connectivity index (χ3n) is 3.57. The number of rotatable bonds is 1. The standard InChI is InChI=1S/C11H16O/c1-7(2)9-5-8-3-4-11(12)10(8)6-9/h8-10H,1,3-6H2,2H3/t8-,9-,10+/m1/s1. The van der Waals surface area contributed by atoms with E-state index in [9.17, 15) is 4.79 Å². The SMILES string of the molecule is C=C(C)[C@@H]1C[C@H]2CCC(=O)[C@H]2C1. The van der Waals surface area contributed by atoms with Gasteiger partial charge in [0.15, 0.2) is 0 Å². The van der Waals surface area contributed by atoms with Gasteiger partial charge in [-0.05, 0) is 38.0 Å². The van der Waals surface area contributed by atoms with E-state index in [-0.39, 0.29) is 0 Å². The molecule has 0 saturated heterocycles. The Balaban J connectivity index is 2.07. The molecule has 3 atom stereocenters. The molecule has 0 bridgehead atoms. The van der Waals surface area contributed by atoms with Crippen LogP contribution in [0.25, 0.3) is 0 Å². The van der Waals surface area contributed by atoms with Crippen molar-refractivity contribution in [3.8, 4) is 0 Å². The zero-order chi connectivity index (χ0) is 8.72. The molecule has 0 spiro atoms. The molecule has 1 nitrogen and oxygen atoms in total. The number of ketones is 1. The van der Waals surface area contributed by atoms with E-state index in [0.717, 1.165) is 19.3 Å². The molecule has 2 aliphatic rings. The fourth-order valence-corrected chi connectivity index (χ4v) is 2.75. The van der Waals surface area contributed by atoms with Gasteiger partial charge >= 0.3 is 0 Å². The number of carbonyl (C=O) groups excluding carboxylic acids is 1. The Kier molecular flexibility index (Phi) is 1.82. The molecular weight excluding hydrogens is 148 g/mol. The van der Waals surface area contributed by atoms with Crippen molar-refractivity contribution in [2.24, 2.45) is 17.8 Å². The Morgan fingerprint density at radius 2 is 2.25 bits per heavy atom. The highest BCUT2D eigenvalue weighted by molar-refractivity contribution is 5.83. The van der Waals surface area contributed by atoms with Crippen LogP contribution < -0.4 is 0 Å². The van der Waals surface area contributed by atoms with Gasteiger partial charge in [0.05, 0.1) is 0 Å². The summed E-state index contributed by atoms with van der Waals surface area (Å²) in [7, 11) is 0. The van der Waals surface area contributed by atoms with Crippen LogP contribution in [0, 0.1) is 17.8 Å². The maximum absolute atomic E-state index is 11.4. The monoisotopic (exact) mass is 164 g/mol. The quantitative estimate of drug-likeness (QED) is 0.544. The lowest BCUT2D eigenvalue weighted by Crippen LogP contribution is -2.07. The Morgan fingerprint density at radius 3 is 2.83 bits per heavy atom. The molecule has 2 aliphatic carbocycles. The lowest BCUT2D eigenvalue weighted by Gasteiger charge is -2.08. The summed E-state index contributed by atoms with van der Waals surface area (Å²) >= 11 is 0. The van der Waals surface area contributed by atoms with Crippen LogP contribution in [0.15, 0.2) is 12.2 Å². The van der Waals surface area contributed by atoms with E-state index in [2.05, 4.69) is 13.5 Å². The first-order valence-corrected chi connectivity index (χ1v) is 4.86. The molecule has 2 fully saturated rings. The molecule has 12 heavy (non-hydrogen) atoms. The Bertz CT molecular complexity index is 229. The van der Waals surface area contributed by atoms with Gasteiger partial charge in [-0.3, -0.25) is 4.79 Å². The van der Waals surface area contributed by atoms with Crippen LogP contribution in [0.4, 0.5) is 0 Å². The number of carbonyl (C=O) groups is 1. The van der Waals surface area contributed by atoms with Gasteiger partial charge in [-0.15, -0.1) is 0 Å². The lowest BCUT2D eigenvalue weighted by molar-refractivity contribution is -0.120. The average molecular weight is 164 g/mol. The highest BCUT2D eigenvalue weighted by Crippen LogP contribution is 2.46. The van der Waals surface area contributed by atoms with Crippen LogP contribution in [0.5, 0.6) is 0 Å². The van der Waals surface area contributed by atoms with Gasteiger partial charge in [0.1, 0.15) is 5.78 Å². The van der Waals surface area contributed by atoms with Crippen molar-refractivity contribution in [2.45, 2.75) is 32.6 Å². The zero-order valence-corrected chi connectivity index (χ0v) is 7.68. The number of Topliss-reactive ketones (excluding diaryl/α,β-unsaturated/α-hetero) is 1. The lowest BCUT2D eigenvalue weighted by atomic mass is 9.97. The summed E-state index contributed by atoms with van der Waals surface area (Å²) in [4.78, 5) is 11.4. The molecule has 0 unspecified atom stereocenters. The second kappa shape index (κ2) is 2.72. The van der Waals surface area contributed by atoms with E-state index in [1.807, 2.05) is 0 Å². The number of allylic oxidation sites excluding steroid dienone is 1. The van der Waals surface area contributed by atoms with Crippen LogP contribution in [-0.2, 0) is 4.79 Å². The van der Waals surface area contributed by atoms with E-state index in [1.54, 1.807) is 0 Å². The van der Waals surface area contributed by atoms with Crippen LogP contribution in [0.2, 0.25) is 0 Å². The summed E-state index contributed by atoms with van der Waals surface area (Å²) in [6.45, 7) is 6.07. The van der Waals surface area contributed by atoms with Crippen LogP contribution in [-0.4, -0.2) is 5.78 Å². The summed E-state index contributed by atoms with van der Waals surface area (Å²) in [5.74, 6) is 2.28. The predicted octanol–water partition coefficient (Wildman–Crippen LogP) is 2.57. The number of hydrogen-bond acceptors (Lipinski definition) is 1. The fraction of sp³-hybridized carbons (Fsp3) is 0.727. The largest absolute Gasteiger partial charge is 0.299 e. The first-order valence-electron chi connectivity index (χ1n) is 4.86. The van der Waals surface area contributed by atoms with Crippen molar-refractivity contribution in [3.63, 3.8) is 0 Å². The number of fused-ring (bicyclic) bond motifs is 1. The van der Waals surface area contributed by atoms with Gasteiger partial charge in [-0.2, -0.15) is 0 Å². The van der Waals surface area contributed by atoms with E-state index in [4.69, 9.17) is 0 Å². The predicted molar refractivity (Wildman–Crippen MR) is 48.8 cm³/mol. The molecule has 0 amide bonds. The highest BCUT2D eigenvalue weighted by atomic mass is 16.1. The Morgan fingerprint density at radius 1 is 1.50 bits per heavy atom. The average Bonchev–Trinajstić information content (AvgIpc) is 2.53. The van der Waals surface area contributed by atoms with Gasteiger partial charge in [0.2, 0.25) is 0 Å².